The molecule has 1 aromatic heterocycles. The Morgan fingerprint density at radius 1 is 1.24 bits per heavy atom. The molecule has 0 aliphatic rings. The van der Waals surface area contributed by atoms with E-state index in [0.29, 0.717) is 37.0 Å². The monoisotopic (exact) mass is 342 g/mol. The van der Waals surface area contributed by atoms with Crippen LogP contribution < -0.4 is 5.32 Å². The molecule has 25 heavy (non-hydrogen) atoms. The fourth-order valence-electron chi connectivity index (χ4n) is 2.34. The van der Waals surface area contributed by atoms with Crippen LogP contribution in [0, 0.1) is 0 Å². The van der Waals surface area contributed by atoms with E-state index in [-0.39, 0.29) is 5.91 Å². The number of carbonyl (C=O) groups is 1. The molecule has 0 aliphatic heterocycles. The molecule has 0 unspecified atom stereocenters. The maximum Gasteiger partial charge on any atom is 0.272 e. The van der Waals surface area contributed by atoms with Gasteiger partial charge in [-0.25, -0.2) is 9.97 Å². The van der Waals surface area contributed by atoms with Crippen LogP contribution in [-0.4, -0.2) is 54.6 Å². The van der Waals surface area contributed by atoms with Crippen molar-refractivity contribution in [2.45, 2.75) is 19.8 Å². The van der Waals surface area contributed by atoms with Gasteiger partial charge in [-0.1, -0.05) is 43.7 Å². The molecule has 0 fully saturated rings. The summed E-state index contributed by atoms with van der Waals surface area (Å²) in [7, 11) is 3.45. The highest BCUT2D eigenvalue weighted by molar-refractivity contribution is 5.93. The molecule has 1 amide bonds. The number of methoxy groups -OCH3 is 1. The first kappa shape index (κ1) is 18.9. The standard InChI is InChI=1S/C19H26N4O2/c1-4-5-12-23(2)19(24)16-14-17(20-11-13-25-3)22-18(21-16)15-9-7-6-8-10-15/h6-10,14H,4-5,11-13H2,1-3H3,(H,20,21,22). The molecule has 6 nitrogen and oxygen atoms in total. The summed E-state index contributed by atoms with van der Waals surface area (Å²) in [5.41, 5.74) is 1.27. The zero-order chi connectivity index (χ0) is 18.1. The fourth-order valence-corrected chi connectivity index (χ4v) is 2.34. The van der Waals surface area contributed by atoms with E-state index >= 15 is 0 Å². The van der Waals surface area contributed by atoms with E-state index < -0.39 is 0 Å². The summed E-state index contributed by atoms with van der Waals surface area (Å²) in [6, 6.07) is 11.4. The van der Waals surface area contributed by atoms with Gasteiger partial charge in [-0.15, -0.1) is 0 Å². The Balaban J connectivity index is 2.30. The molecule has 2 aromatic rings. The molecule has 1 N–H and O–H groups in total. The molecule has 0 atom stereocenters. The highest BCUT2D eigenvalue weighted by Crippen LogP contribution is 2.18. The van der Waals surface area contributed by atoms with Crippen molar-refractivity contribution >= 4 is 11.7 Å². The zero-order valence-electron chi connectivity index (χ0n) is 15.2. The van der Waals surface area contributed by atoms with E-state index in [1.807, 2.05) is 30.3 Å². The van der Waals surface area contributed by atoms with Gasteiger partial charge in [0.25, 0.3) is 5.91 Å². The molecule has 1 heterocycles. The van der Waals surface area contributed by atoms with E-state index in [2.05, 4.69) is 22.2 Å². The van der Waals surface area contributed by atoms with Crippen LogP contribution in [0.25, 0.3) is 11.4 Å². The number of hydrogen-bond acceptors (Lipinski definition) is 5. The minimum Gasteiger partial charge on any atom is -0.383 e. The summed E-state index contributed by atoms with van der Waals surface area (Å²) in [6.07, 6.45) is 2.01. The van der Waals surface area contributed by atoms with Crippen molar-refractivity contribution in [2.75, 3.05) is 39.2 Å². The Labute approximate surface area is 149 Å². The number of anilines is 1. The molecule has 0 saturated heterocycles. The van der Waals surface area contributed by atoms with Crippen LogP contribution in [-0.2, 0) is 4.74 Å². The summed E-state index contributed by atoms with van der Waals surface area (Å²) in [5, 5.41) is 3.19. The van der Waals surface area contributed by atoms with E-state index in [1.54, 1.807) is 25.1 Å². The topological polar surface area (TPSA) is 67.4 Å². The fraction of sp³-hybridized carbons (Fsp3) is 0.421. The summed E-state index contributed by atoms with van der Waals surface area (Å²) in [4.78, 5) is 23.4. The quantitative estimate of drug-likeness (QED) is 0.709. The largest absolute Gasteiger partial charge is 0.383 e. The third kappa shape index (κ3) is 5.53. The molecule has 0 saturated carbocycles. The number of aromatic nitrogens is 2. The number of benzene rings is 1. The lowest BCUT2D eigenvalue weighted by molar-refractivity contribution is 0.0787. The molecule has 6 heteroatoms. The second-order valence-electron chi connectivity index (χ2n) is 5.83. The van der Waals surface area contributed by atoms with Crippen molar-refractivity contribution < 1.29 is 9.53 Å². The van der Waals surface area contributed by atoms with Crippen molar-refractivity contribution in [1.29, 1.82) is 0 Å². The third-order valence-electron chi connectivity index (χ3n) is 3.78. The summed E-state index contributed by atoms with van der Waals surface area (Å²) >= 11 is 0. The van der Waals surface area contributed by atoms with Crippen LogP contribution >= 0.6 is 0 Å². The van der Waals surface area contributed by atoms with Crippen LogP contribution in [0.15, 0.2) is 36.4 Å². The van der Waals surface area contributed by atoms with Crippen molar-refractivity contribution in [3.8, 4) is 11.4 Å². The van der Waals surface area contributed by atoms with Crippen LogP contribution in [0.3, 0.4) is 0 Å². The summed E-state index contributed by atoms with van der Waals surface area (Å²) in [6.45, 7) is 3.99. The predicted octanol–water partition coefficient (Wildman–Crippen LogP) is 3.07. The van der Waals surface area contributed by atoms with Gasteiger partial charge in [-0.2, -0.15) is 0 Å². The smallest absolute Gasteiger partial charge is 0.272 e. The molecule has 0 bridgehead atoms. The summed E-state index contributed by atoms with van der Waals surface area (Å²) in [5.74, 6) is 1.07. The average molecular weight is 342 g/mol. The SMILES string of the molecule is CCCCN(C)C(=O)c1cc(NCCOC)nc(-c2ccccc2)n1. The van der Waals surface area contributed by atoms with Gasteiger partial charge in [0, 0.05) is 38.9 Å². The van der Waals surface area contributed by atoms with Gasteiger partial charge >= 0.3 is 0 Å². The van der Waals surface area contributed by atoms with E-state index in [9.17, 15) is 4.79 Å². The number of hydrogen-bond donors (Lipinski definition) is 1. The molecular formula is C19H26N4O2. The first-order valence-electron chi connectivity index (χ1n) is 8.58. The Bertz CT molecular complexity index is 676. The highest BCUT2D eigenvalue weighted by atomic mass is 16.5. The molecule has 0 radical (unpaired) electrons. The zero-order valence-corrected chi connectivity index (χ0v) is 15.2. The van der Waals surface area contributed by atoms with Crippen LogP contribution in [0.1, 0.15) is 30.3 Å². The minimum absolute atomic E-state index is 0.0946. The second-order valence-corrected chi connectivity index (χ2v) is 5.83. The number of ether oxygens (including phenoxy) is 1. The summed E-state index contributed by atoms with van der Waals surface area (Å²) < 4.78 is 5.06. The lowest BCUT2D eigenvalue weighted by Crippen LogP contribution is -2.28. The normalized spacial score (nSPS) is 10.5. The number of nitrogens with zero attached hydrogens (tertiary/aromatic N) is 3. The lowest BCUT2D eigenvalue weighted by Gasteiger charge is -2.17. The number of carbonyl (C=O) groups excluding carboxylic acids is 1. The Hall–Kier alpha value is -2.47. The molecule has 0 aliphatic carbocycles. The highest BCUT2D eigenvalue weighted by Gasteiger charge is 2.16. The average Bonchev–Trinajstić information content (AvgIpc) is 2.66. The first-order valence-corrected chi connectivity index (χ1v) is 8.58. The minimum atomic E-state index is -0.0946. The number of rotatable bonds is 9. The van der Waals surface area contributed by atoms with Crippen molar-refractivity contribution in [2.24, 2.45) is 0 Å². The van der Waals surface area contributed by atoms with Gasteiger partial charge in [0.2, 0.25) is 0 Å². The van der Waals surface area contributed by atoms with Gasteiger partial charge in [-0.3, -0.25) is 4.79 Å². The Morgan fingerprint density at radius 3 is 2.68 bits per heavy atom. The first-order chi connectivity index (χ1) is 12.2. The second kappa shape index (κ2) is 9.74. The number of amides is 1. The number of nitrogens with one attached hydrogen (secondary N) is 1. The Kier molecular flexibility index (Phi) is 7.35. The lowest BCUT2D eigenvalue weighted by atomic mass is 10.2. The van der Waals surface area contributed by atoms with Crippen molar-refractivity contribution in [1.82, 2.24) is 14.9 Å². The van der Waals surface area contributed by atoms with Gasteiger partial charge < -0.3 is 15.0 Å². The van der Waals surface area contributed by atoms with Crippen molar-refractivity contribution in [3.05, 3.63) is 42.1 Å². The molecule has 0 spiro atoms. The molecular weight excluding hydrogens is 316 g/mol. The van der Waals surface area contributed by atoms with E-state index in [0.717, 1.165) is 18.4 Å². The van der Waals surface area contributed by atoms with E-state index in [4.69, 9.17) is 4.74 Å². The molecule has 1 aromatic carbocycles. The van der Waals surface area contributed by atoms with Gasteiger partial charge in [0.05, 0.1) is 6.61 Å². The molecule has 134 valence electrons. The Morgan fingerprint density at radius 2 is 2.00 bits per heavy atom. The van der Waals surface area contributed by atoms with Crippen LogP contribution in [0.5, 0.6) is 0 Å². The van der Waals surface area contributed by atoms with Crippen LogP contribution in [0.4, 0.5) is 5.82 Å². The molecule has 2 rings (SSSR count). The maximum atomic E-state index is 12.7. The predicted molar refractivity (Wildman–Crippen MR) is 99.7 cm³/mol. The number of unbranched alkanes of at least 4 members (excludes halogenated alkanes) is 1. The van der Waals surface area contributed by atoms with E-state index in [1.165, 1.54) is 0 Å². The van der Waals surface area contributed by atoms with Crippen molar-refractivity contribution in [3.63, 3.8) is 0 Å². The van der Waals surface area contributed by atoms with Gasteiger partial charge in [-0.05, 0) is 6.42 Å². The third-order valence-corrected chi connectivity index (χ3v) is 3.78. The maximum absolute atomic E-state index is 12.7. The van der Waals surface area contributed by atoms with Gasteiger partial charge in [0.15, 0.2) is 5.82 Å². The van der Waals surface area contributed by atoms with Gasteiger partial charge in [0.1, 0.15) is 11.5 Å². The van der Waals surface area contributed by atoms with Crippen LogP contribution in [0.2, 0.25) is 0 Å².